The first kappa shape index (κ1) is 50.4. The summed E-state index contributed by atoms with van der Waals surface area (Å²) >= 11 is 0. The molecule has 0 amide bonds. The Morgan fingerprint density at radius 1 is 0.391 bits per heavy atom. The van der Waals surface area contributed by atoms with Crippen molar-refractivity contribution in [3.05, 3.63) is 180 Å². The number of carbonyl (C=O) groups excluding carboxylic acids is 8. The van der Waals surface area contributed by atoms with Gasteiger partial charge in [0.05, 0.1) is 78.6 Å². The first-order chi connectivity index (χ1) is 33.3. The summed E-state index contributed by atoms with van der Waals surface area (Å²) in [6.45, 7) is 2.25. The SMILES string of the molecule is CC.COc1ccc2c(c1)C(=O)C(NCCO)=C(C1=C(NCCO)C(=O)c3ccccc3C1=O)C2=O.O=C1C(NCCO)=C(C2=C(NCCO)C(=O)c3cc(F)ccc3C2=O)C(=O)c2ccccc21. The Balaban J connectivity index is 0.000000219. The van der Waals surface area contributed by atoms with Gasteiger partial charge >= 0.3 is 0 Å². The van der Waals surface area contributed by atoms with Crippen LogP contribution in [0.1, 0.15) is 96.7 Å². The number of carbonyl (C=O) groups is 8. The van der Waals surface area contributed by atoms with Crippen molar-refractivity contribution in [1.29, 1.82) is 0 Å². The second kappa shape index (κ2) is 22.2. The number of hydrogen-bond donors (Lipinski definition) is 8. The first-order valence-electron chi connectivity index (χ1n) is 21.7. The summed E-state index contributed by atoms with van der Waals surface area (Å²) in [4.78, 5) is 108. The third-order valence-corrected chi connectivity index (χ3v) is 11.0. The van der Waals surface area contributed by atoms with Crippen molar-refractivity contribution in [2.24, 2.45) is 0 Å². The van der Waals surface area contributed by atoms with Crippen molar-refractivity contribution in [2.45, 2.75) is 13.8 Å². The standard InChI is InChI=1S/C25H22N2O7.C24H19FN2O6.C2H6/c1-34-13-6-7-16-17(12-13)25(33)21(27-9-11-29)19(23(16)31)18-20(26-8-10-28)24(32)15-5-3-2-4-14(15)22(18)30;25-12-5-6-15-16(11-12)24(33)20(27-8-10-29)18(22(15)31)17-19(26-7-9-28)23(32)14-4-2-1-3-13(14)21(17)30;1-2/h2-7,12,26-29H,8-11H2,1H3;1-6,11,26-29H,7-10H2;1-2H3. The molecule has 17 nitrogen and oxygen atoms in total. The molecule has 0 aromatic heterocycles. The van der Waals surface area contributed by atoms with Gasteiger partial charge in [-0.3, -0.25) is 38.4 Å². The lowest BCUT2D eigenvalue weighted by Gasteiger charge is -2.27. The summed E-state index contributed by atoms with van der Waals surface area (Å²) in [6, 6.07) is 19.8. The van der Waals surface area contributed by atoms with Gasteiger partial charge in [0.1, 0.15) is 11.6 Å². The molecular formula is C51H47FN4O13. The van der Waals surface area contributed by atoms with Crippen LogP contribution in [-0.4, -0.2) is 126 Å². The van der Waals surface area contributed by atoms with Gasteiger partial charge in [-0.2, -0.15) is 0 Å². The molecule has 4 aliphatic rings. The lowest BCUT2D eigenvalue weighted by atomic mass is 9.77. The van der Waals surface area contributed by atoms with Crippen molar-refractivity contribution in [1.82, 2.24) is 21.3 Å². The van der Waals surface area contributed by atoms with E-state index in [-0.39, 0.29) is 136 Å². The molecule has 0 radical (unpaired) electrons. The fourth-order valence-corrected chi connectivity index (χ4v) is 8.03. The number of allylic oxidation sites excluding steroid dienone is 8. The number of methoxy groups -OCH3 is 1. The zero-order chi connectivity index (χ0) is 50.1. The van der Waals surface area contributed by atoms with E-state index >= 15 is 0 Å². The van der Waals surface area contributed by atoms with Gasteiger partial charge in [0, 0.05) is 70.7 Å². The summed E-state index contributed by atoms with van der Waals surface area (Å²) in [6.07, 6.45) is 0. The number of rotatable bonds is 15. The minimum absolute atomic E-state index is 0.0530. The minimum Gasteiger partial charge on any atom is -0.497 e. The molecule has 0 saturated heterocycles. The zero-order valence-electron chi connectivity index (χ0n) is 37.6. The summed E-state index contributed by atoms with van der Waals surface area (Å²) in [5.74, 6) is -5.43. The lowest BCUT2D eigenvalue weighted by Crippen LogP contribution is -2.38. The average Bonchev–Trinajstić information content (AvgIpc) is 3.37. The molecule has 0 fully saturated rings. The normalized spacial score (nSPS) is 15.1. The van der Waals surface area contributed by atoms with E-state index in [0.29, 0.717) is 5.75 Å². The summed E-state index contributed by atoms with van der Waals surface area (Å²) in [5, 5.41) is 48.1. The Hall–Kier alpha value is -8.03. The van der Waals surface area contributed by atoms with Gasteiger partial charge in [0.25, 0.3) is 0 Å². The van der Waals surface area contributed by atoms with Crippen LogP contribution in [0.25, 0.3) is 0 Å². The van der Waals surface area contributed by atoms with Crippen LogP contribution in [0.2, 0.25) is 0 Å². The molecule has 0 spiro atoms. The molecule has 0 saturated carbocycles. The highest BCUT2D eigenvalue weighted by Gasteiger charge is 2.44. The van der Waals surface area contributed by atoms with Gasteiger partial charge in [-0.15, -0.1) is 0 Å². The number of nitrogens with one attached hydrogen (secondary N) is 4. The Kier molecular flexibility index (Phi) is 16.2. The Bertz CT molecular complexity index is 2970. The Morgan fingerprint density at radius 2 is 0.667 bits per heavy atom. The number of fused-ring (bicyclic) bond motifs is 4. The molecule has 4 aromatic carbocycles. The maximum atomic E-state index is 13.8. The lowest BCUT2D eigenvalue weighted by molar-refractivity contribution is 0.0945. The topological polar surface area (TPSA) is 275 Å². The fraction of sp³-hybridized carbons (Fsp3) is 0.216. The summed E-state index contributed by atoms with van der Waals surface area (Å²) in [7, 11) is 1.43. The molecule has 0 unspecified atom stereocenters. The van der Waals surface area contributed by atoms with Gasteiger partial charge in [0.15, 0.2) is 23.1 Å². The predicted octanol–water partition coefficient (Wildman–Crippen LogP) is 2.81. The minimum atomic E-state index is -0.749. The van der Waals surface area contributed by atoms with E-state index in [0.717, 1.165) is 18.2 Å². The number of hydrogen-bond acceptors (Lipinski definition) is 17. The molecule has 8 N–H and O–H groups in total. The van der Waals surface area contributed by atoms with Gasteiger partial charge in [-0.1, -0.05) is 62.4 Å². The van der Waals surface area contributed by atoms with Crippen molar-refractivity contribution in [3.63, 3.8) is 0 Å². The van der Waals surface area contributed by atoms with Gasteiger partial charge in [-0.25, -0.2) is 4.39 Å². The maximum absolute atomic E-state index is 13.8. The molecule has 0 atom stereocenters. The van der Waals surface area contributed by atoms with Crippen LogP contribution in [-0.2, 0) is 0 Å². The largest absolute Gasteiger partial charge is 0.497 e. The number of aliphatic hydroxyl groups excluding tert-OH is 4. The third kappa shape index (κ3) is 9.46. The molecule has 0 bridgehead atoms. The molecule has 8 rings (SSSR count). The van der Waals surface area contributed by atoms with Gasteiger partial charge in [0.2, 0.25) is 23.1 Å². The Labute approximate surface area is 394 Å². The van der Waals surface area contributed by atoms with Crippen molar-refractivity contribution in [3.8, 4) is 5.75 Å². The molecular weight excluding hydrogens is 896 g/mol. The number of aliphatic hydroxyl groups is 4. The third-order valence-electron chi connectivity index (χ3n) is 11.0. The van der Waals surface area contributed by atoms with E-state index in [4.69, 9.17) is 4.74 Å². The number of Topliss-reactive ketones (excluding diaryl/α,β-unsaturated/α-hetero) is 8. The van der Waals surface area contributed by atoms with Crippen LogP contribution in [0.15, 0.2) is 130 Å². The quantitative estimate of drug-likeness (QED) is 0.0851. The van der Waals surface area contributed by atoms with Crippen LogP contribution in [0, 0.1) is 5.82 Å². The molecule has 0 heterocycles. The molecule has 69 heavy (non-hydrogen) atoms. The van der Waals surface area contributed by atoms with Crippen molar-refractivity contribution >= 4 is 46.3 Å². The molecule has 356 valence electrons. The highest BCUT2D eigenvalue weighted by molar-refractivity contribution is 6.38. The number of ether oxygens (including phenoxy) is 1. The number of halogens is 1. The van der Waals surface area contributed by atoms with E-state index in [9.17, 15) is 63.2 Å². The summed E-state index contributed by atoms with van der Waals surface area (Å²) < 4.78 is 19.0. The van der Waals surface area contributed by atoms with E-state index in [2.05, 4.69) is 21.3 Å². The maximum Gasteiger partial charge on any atom is 0.210 e. The van der Waals surface area contributed by atoms with Crippen LogP contribution in [0.3, 0.4) is 0 Å². The molecule has 18 heteroatoms. The van der Waals surface area contributed by atoms with E-state index in [1.165, 1.54) is 49.6 Å². The summed E-state index contributed by atoms with van der Waals surface area (Å²) in [5.41, 5.74) is -1.81. The van der Waals surface area contributed by atoms with Crippen molar-refractivity contribution < 1.29 is 67.9 Å². The van der Waals surface area contributed by atoms with Crippen LogP contribution < -0.4 is 26.0 Å². The van der Waals surface area contributed by atoms with E-state index in [1.807, 2.05) is 13.8 Å². The number of ketones is 8. The molecule has 4 aromatic rings. The predicted molar refractivity (Wildman–Crippen MR) is 247 cm³/mol. The van der Waals surface area contributed by atoms with Crippen molar-refractivity contribution in [2.75, 3.05) is 59.7 Å². The van der Waals surface area contributed by atoms with Crippen LogP contribution >= 0.6 is 0 Å². The number of benzene rings is 4. The molecule has 4 aliphatic carbocycles. The van der Waals surface area contributed by atoms with Gasteiger partial charge < -0.3 is 46.4 Å². The Morgan fingerprint density at radius 3 is 0.986 bits per heavy atom. The fourth-order valence-electron chi connectivity index (χ4n) is 8.03. The van der Waals surface area contributed by atoms with E-state index < -0.39 is 58.7 Å². The van der Waals surface area contributed by atoms with Crippen LogP contribution in [0.5, 0.6) is 5.75 Å². The second-order valence-corrected chi connectivity index (χ2v) is 14.9. The molecule has 0 aliphatic heterocycles. The highest BCUT2D eigenvalue weighted by atomic mass is 19.1. The zero-order valence-corrected chi connectivity index (χ0v) is 37.6. The smallest absolute Gasteiger partial charge is 0.210 e. The van der Waals surface area contributed by atoms with Gasteiger partial charge in [-0.05, 0) is 36.4 Å². The monoisotopic (exact) mass is 942 g/mol. The average molecular weight is 943 g/mol. The highest BCUT2D eigenvalue weighted by Crippen LogP contribution is 2.38. The second-order valence-electron chi connectivity index (χ2n) is 14.9. The van der Waals surface area contributed by atoms with Crippen LogP contribution in [0.4, 0.5) is 4.39 Å². The van der Waals surface area contributed by atoms with E-state index in [1.54, 1.807) is 24.3 Å². The first-order valence-corrected chi connectivity index (χ1v) is 21.7.